The highest BCUT2D eigenvalue weighted by Gasteiger charge is 2.40. The third kappa shape index (κ3) is 9.22. The molecule has 2 heterocycles. The van der Waals surface area contributed by atoms with Crippen LogP contribution in [0.5, 0.6) is 0 Å². The molecular weight excluding hydrogens is 689 g/mol. The molecule has 0 spiro atoms. The second-order valence-corrected chi connectivity index (χ2v) is 14.2. The zero-order chi connectivity index (χ0) is 36.6. The minimum atomic E-state index is -0.971. The number of amides is 3. The Bertz CT molecular complexity index is 2010. The molecular formula is C43H40N2O7S. The number of nitrogens with zero attached hydrogens (tertiary/aromatic N) is 1. The van der Waals surface area contributed by atoms with E-state index in [0.29, 0.717) is 6.42 Å². The van der Waals surface area contributed by atoms with Crippen molar-refractivity contribution in [1.82, 2.24) is 10.2 Å². The van der Waals surface area contributed by atoms with Gasteiger partial charge in [-0.25, -0.2) is 4.79 Å². The van der Waals surface area contributed by atoms with Crippen molar-refractivity contribution in [3.8, 4) is 11.1 Å². The fourth-order valence-electron chi connectivity index (χ4n) is 6.46. The zero-order valence-electron chi connectivity index (χ0n) is 29.0. The molecule has 0 saturated carbocycles. The molecule has 7 rings (SSSR count). The molecule has 270 valence electrons. The summed E-state index contributed by atoms with van der Waals surface area (Å²) in [6.45, 7) is 0.145. The van der Waals surface area contributed by atoms with Crippen LogP contribution in [0.4, 0.5) is 4.79 Å². The number of aliphatic hydroxyl groups is 1. The molecule has 53 heavy (non-hydrogen) atoms. The Morgan fingerprint density at radius 1 is 0.774 bits per heavy atom. The van der Waals surface area contributed by atoms with Crippen molar-refractivity contribution in [3.63, 3.8) is 0 Å². The molecule has 5 aromatic carbocycles. The first-order chi connectivity index (χ1) is 25.9. The number of benzene rings is 5. The summed E-state index contributed by atoms with van der Waals surface area (Å²) in [7, 11) is 0. The molecule has 2 aliphatic rings. The van der Waals surface area contributed by atoms with Crippen LogP contribution >= 0.6 is 11.8 Å². The van der Waals surface area contributed by atoms with Gasteiger partial charge in [-0.15, -0.1) is 11.8 Å². The highest BCUT2D eigenvalue weighted by molar-refractivity contribution is 7.99. The van der Waals surface area contributed by atoms with E-state index < -0.39 is 24.3 Å². The van der Waals surface area contributed by atoms with E-state index in [9.17, 15) is 19.5 Å². The van der Waals surface area contributed by atoms with Crippen molar-refractivity contribution in [2.45, 2.75) is 62.0 Å². The number of rotatable bonds is 12. The normalized spacial score (nSPS) is 20.0. The van der Waals surface area contributed by atoms with Crippen LogP contribution in [0.3, 0.4) is 0 Å². The maximum absolute atomic E-state index is 13.2. The summed E-state index contributed by atoms with van der Waals surface area (Å²) in [6, 6.07) is 42.2. The van der Waals surface area contributed by atoms with Gasteiger partial charge in [0.1, 0.15) is 12.6 Å². The Balaban J connectivity index is 0.998. The Hall–Kier alpha value is -5.26. The van der Waals surface area contributed by atoms with Crippen LogP contribution in [-0.2, 0) is 43.6 Å². The number of aliphatic hydroxyl groups excluding tert-OH is 1. The zero-order valence-corrected chi connectivity index (χ0v) is 29.8. The summed E-state index contributed by atoms with van der Waals surface area (Å²) < 4.78 is 18.3. The van der Waals surface area contributed by atoms with Gasteiger partial charge in [-0.3, -0.25) is 14.5 Å². The number of alkyl carbamates (subject to hydrolysis) is 1. The van der Waals surface area contributed by atoms with Crippen LogP contribution in [0.25, 0.3) is 11.1 Å². The van der Waals surface area contributed by atoms with E-state index in [1.807, 2.05) is 121 Å². The quantitative estimate of drug-likeness (QED) is 0.0992. The number of likely N-dealkylation sites (tertiary alicyclic amines) is 1. The third-order valence-corrected chi connectivity index (χ3v) is 10.5. The largest absolute Gasteiger partial charge is 0.445 e. The number of nitrogens with one attached hydrogen (secondary N) is 1. The number of thioether (sulfide) groups is 1. The van der Waals surface area contributed by atoms with E-state index in [1.165, 1.54) is 9.80 Å². The van der Waals surface area contributed by atoms with Crippen LogP contribution in [0.2, 0.25) is 0 Å². The van der Waals surface area contributed by atoms with Crippen LogP contribution in [-0.4, -0.2) is 45.8 Å². The Labute approximate surface area is 312 Å². The van der Waals surface area contributed by atoms with E-state index in [1.54, 1.807) is 11.8 Å². The second kappa shape index (κ2) is 17.0. The highest BCUT2D eigenvalue weighted by atomic mass is 32.2. The van der Waals surface area contributed by atoms with E-state index >= 15 is 0 Å². The van der Waals surface area contributed by atoms with E-state index in [-0.39, 0.29) is 44.3 Å². The van der Waals surface area contributed by atoms with Crippen molar-refractivity contribution < 1.29 is 33.7 Å². The van der Waals surface area contributed by atoms with Gasteiger partial charge >= 0.3 is 6.09 Å². The minimum absolute atomic E-state index is 0.0104. The highest BCUT2D eigenvalue weighted by Crippen LogP contribution is 2.40. The molecule has 3 amide bonds. The van der Waals surface area contributed by atoms with Crippen molar-refractivity contribution in [2.24, 2.45) is 0 Å². The fraction of sp³-hybridized carbons (Fsp3) is 0.233. The maximum atomic E-state index is 13.2. The smallest absolute Gasteiger partial charge is 0.408 e. The second-order valence-electron chi connectivity index (χ2n) is 13.1. The molecule has 0 bridgehead atoms. The van der Waals surface area contributed by atoms with E-state index in [4.69, 9.17) is 14.2 Å². The molecule has 0 aliphatic carbocycles. The number of hydrogen-bond donors (Lipinski definition) is 2. The van der Waals surface area contributed by atoms with Gasteiger partial charge in [0.2, 0.25) is 5.91 Å². The lowest BCUT2D eigenvalue weighted by Gasteiger charge is -2.36. The molecule has 10 heteroatoms. The maximum Gasteiger partial charge on any atom is 0.408 e. The summed E-state index contributed by atoms with van der Waals surface area (Å²) in [4.78, 5) is 40.8. The molecule has 4 atom stereocenters. The van der Waals surface area contributed by atoms with E-state index in [0.717, 1.165) is 44.7 Å². The fourth-order valence-corrected chi connectivity index (χ4v) is 7.40. The average Bonchev–Trinajstić information content (AvgIpc) is 3.47. The number of ether oxygens (including phenoxy) is 3. The topological polar surface area (TPSA) is 114 Å². The summed E-state index contributed by atoms with van der Waals surface area (Å²) in [6.07, 6.45) is -0.959. The van der Waals surface area contributed by atoms with E-state index in [2.05, 4.69) is 17.4 Å². The molecule has 0 radical (unpaired) electrons. The van der Waals surface area contributed by atoms with Gasteiger partial charge in [0.25, 0.3) is 5.91 Å². The summed E-state index contributed by atoms with van der Waals surface area (Å²) in [5.41, 5.74) is 6.28. The van der Waals surface area contributed by atoms with Gasteiger partial charge in [-0.1, -0.05) is 115 Å². The first kappa shape index (κ1) is 36.1. The number of carbonyl (C=O) groups excluding carboxylic acids is 3. The van der Waals surface area contributed by atoms with Crippen LogP contribution < -0.4 is 5.32 Å². The molecule has 2 aliphatic heterocycles. The van der Waals surface area contributed by atoms with Crippen LogP contribution in [0.1, 0.15) is 53.1 Å². The van der Waals surface area contributed by atoms with Gasteiger partial charge < -0.3 is 24.6 Å². The van der Waals surface area contributed by atoms with Crippen molar-refractivity contribution in [1.29, 1.82) is 0 Å². The lowest BCUT2D eigenvalue weighted by Crippen LogP contribution is -2.41. The SMILES string of the molecule is O=C(NC1CC(=O)N(Cc2cccc(-c3ccc(C4OC(CSc5ccccc5)CC(c5ccc(CO)cc5)O4)cc3)c2)C1=O)OCc1ccccc1. The minimum Gasteiger partial charge on any atom is -0.445 e. The van der Waals surface area contributed by atoms with Gasteiger partial charge in [-0.05, 0) is 51.6 Å². The summed E-state index contributed by atoms with van der Waals surface area (Å²) in [5.74, 6) is -0.0392. The van der Waals surface area contributed by atoms with Gasteiger partial charge in [0.05, 0.1) is 31.8 Å². The lowest BCUT2D eigenvalue weighted by atomic mass is 9.99. The Morgan fingerprint density at radius 2 is 1.47 bits per heavy atom. The lowest BCUT2D eigenvalue weighted by molar-refractivity contribution is -0.245. The number of hydrogen-bond acceptors (Lipinski definition) is 8. The molecule has 2 fully saturated rings. The van der Waals surface area contributed by atoms with Crippen LogP contribution in [0.15, 0.2) is 138 Å². The molecule has 0 aromatic heterocycles. The van der Waals surface area contributed by atoms with Gasteiger partial charge in [0, 0.05) is 22.6 Å². The van der Waals surface area contributed by atoms with Crippen LogP contribution in [0, 0.1) is 0 Å². The summed E-state index contributed by atoms with van der Waals surface area (Å²) >= 11 is 1.76. The standard InChI is InChI=1S/C43H40N2O7S/c46-26-29-14-16-33(17-15-29)39-23-36(28-53-37-12-5-2-6-13-37)51-42(52-39)34-20-18-32(19-21-34)35-11-7-10-31(22-35)25-45-40(47)24-38(41(45)48)44-43(49)50-27-30-8-3-1-4-9-30/h1-22,36,38-39,42,46H,23-28H2,(H,44,49). The van der Waals surface area contributed by atoms with Gasteiger partial charge in [0.15, 0.2) is 6.29 Å². The average molecular weight is 729 g/mol. The monoisotopic (exact) mass is 728 g/mol. The Kier molecular flexibility index (Phi) is 11.6. The third-order valence-electron chi connectivity index (χ3n) is 9.33. The Morgan fingerprint density at radius 3 is 2.21 bits per heavy atom. The predicted octanol–water partition coefficient (Wildman–Crippen LogP) is 7.74. The first-order valence-corrected chi connectivity index (χ1v) is 18.6. The molecule has 4 unspecified atom stereocenters. The predicted molar refractivity (Wildman–Crippen MR) is 201 cm³/mol. The molecule has 5 aromatic rings. The molecule has 9 nitrogen and oxygen atoms in total. The molecule has 2 saturated heterocycles. The first-order valence-electron chi connectivity index (χ1n) is 17.6. The van der Waals surface area contributed by atoms with Crippen molar-refractivity contribution in [3.05, 3.63) is 161 Å². The molecule has 2 N–H and O–H groups in total. The number of imide groups is 1. The van der Waals surface area contributed by atoms with Gasteiger partial charge in [-0.2, -0.15) is 0 Å². The number of carbonyl (C=O) groups is 3. The van der Waals surface area contributed by atoms with Crippen molar-refractivity contribution in [2.75, 3.05) is 5.75 Å². The summed E-state index contributed by atoms with van der Waals surface area (Å²) in [5, 5.41) is 12.1. The van der Waals surface area contributed by atoms with Crippen molar-refractivity contribution >= 4 is 29.7 Å².